The van der Waals surface area contributed by atoms with Crippen LogP contribution in [0.3, 0.4) is 0 Å². The molecule has 2 atom stereocenters. The Balaban J connectivity index is 2.48. The minimum atomic E-state index is 0.308. The Labute approximate surface area is 98.2 Å². The van der Waals surface area contributed by atoms with Crippen molar-refractivity contribution in [1.29, 1.82) is 0 Å². The largest absolute Gasteiger partial charge is 0.396 e. The summed E-state index contributed by atoms with van der Waals surface area (Å²) < 4.78 is 0. The van der Waals surface area contributed by atoms with Gasteiger partial charge in [-0.25, -0.2) is 0 Å². The molecule has 1 aliphatic carbocycles. The second-order valence-corrected chi connectivity index (χ2v) is 6.44. The molecule has 1 rings (SSSR count). The van der Waals surface area contributed by atoms with Gasteiger partial charge in [0.25, 0.3) is 0 Å². The number of hydrogen-bond acceptors (Lipinski definition) is 3. The Morgan fingerprint density at radius 1 is 1.47 bits per heavy atom. The summed E-state index contributed by atoms with van der Waals surface area (Å²) in [6.45, 7) is 8.36. The van der Waals surface area contributed by atoms with Crippen LogP contribution in [0.5, 0.6) is 0 Å². The molecule has 1 saturated carbocycles. The van der Waals surface area contributed by atoms with Gasteiger partial charge in [0.05, 0.1) is 6.61 Å². The van der Waals surface area contributed by atoms with E-state index >= 15 is 0 Å². The van der Waals surface area contributed by atoms with Gasteiger partial charge in [0, 0.05) is 17.0 Å². The van der Waals surface area contributed by atoms with Gasteiger partial charge in [0.2, 0.25) is 0 Å². The summed E-state index contributed by atoms with van der Waals surface area (Å²) in [6, 6.07) is 0.619. The molecule has 0 aromatic rings. The summed E-state index contributed by atoms with van der Waals surface area (Å²) >= 11 is 1.93. The molecule has 2 nitrogen and oxygen atoms in total. The van der Waals surface area contributed by atoms with E-state index in [0.29, 0.717) is 23.3 Å². The van der Waals surface area contributed by atoms with Crippen molar-refractivity contribution < 1.29 is 5.11 Å². The fraction of sp³-hybridized carbons (Fsp3) is 1.00. The van der Waals surface area contributed by atoms with Gasteiger partial charge in [-0.05, 0) is 31.2 Å². The Kier molecular flexibility index (Phi) is 5.44. The normalized spacial score (nSPS) is 29.6. The Bertz CT molecular complexity index is 184. The van der Waals surface area contributed by atoms with Gasteiger partial charge >= 0.3 is 0 Å². The van der Waals surface area contributed by atoms with Crippen LogP contribution in [0.4, 0.5) is 0 Å². The van der Waals surface area contributed by atoms with Gasteiger partial charge < -0.3 is 10.4 Å². The summed E-state index contributed by atoms with van der Waals surface area (Å²) in [4.78, 5) is 0. The van der Waals surface area contributed by atoms with Crippen LogP contribution in [0, 0.1) is 5.41 Å². The van der Waals surface area contributed by atoms with Crippen LogP contribution in [-0.2, 0) is 0 Å². The van der Waals surface area contributed by atoms with E-state index in [9.17, 15) is 0 Å². The number of aliphatic hydroxyl groups is 1. The van der Waals surface area contributed by atoms with E-state index in [1.165, 1.54) is 19.3 Å². The third-order valence-corrected chi connectivity index (χ3v) is 4.68. The fourth-order valence-corrected chi connectivity index (χ4v) is 3.78. The van der Waals surface area contributed by atoms with E-state index in [0.717, 1.165) is 12.3 Å². The van der Waals surface area contributed by atoms with Crippen molar-refractivity contribution in [3.63, 3.8) is 0 Å². The summed E-state index contributed by atoms with van der Waals surface area (Å²) in [7, 11) is 0. The van der Waals surface area contributed by atoms with Gasteiger partial charge in [-0.3, -0.25) is 0 Å². The number of thioether (sulfide) groups is 1. The number of nitrogens with one attached hydrogen (secondary N) is 1. The SMILES string of the molecule is CCCNC1C(SCCO)CCC1(C)C. The highest BCUT2D eigenvalue weighted by molar-refractivity contribution is 8.00. The Morgan fingerprint density at radius 3 is 2.80 bits per heavy atom. The highest BCUT2D eigenvalue weighted by Crippen LogP contribution is 2.42. The minimum Gasteiger partial charge on any atom is -0.396 e. The van der Waals surface area contributed by atoms with Crippen molar-refractivity contribution in [3.05, 3.63) is 0 Å². The predicted octanol–water partition coefficient (Wildman–Crippen LogP) is 2.27. The zero-order valence-electron chi connectivity index (χ0n) is 10.3. The molecule has 0 saturated heterocycles. The molecular weight excluding hydrogens is 206 g/mol. The zero-order chi connectivity index (χ0) is 11.3. The van der Waals surface area contributed by atoms with Crippen molar-refractivity contribution in [1.82, 2.24) is 5.32 Å². The molecule has 3 heteroatoms. The van der Waals surface area contributed by atoms with Crippen molar-refractivity contribution in [2.24, 2.45) is 5.41 Å². The maximum atomic E-state index is 8.88. The zero-order valence-corrected chi connectivity index (χ0v) is 11.1. The third-order valence-electron chi connectivity index (χ3n) is 3.32. The lowest BCUT2D eigenvalue weighted by Gasteiger charge is -2.31. The molecule has 1 fully saturated rings. The second kappa shape index (κ2) is 6.12. The first kappa shape index (κ1) is 13.3. The van der Waals surface area contributed by atoms with Crippen molar-refractivity contribution in [2.75, 3.05) is 18.9 Å². The van der Waals surface area contributed by atoms with Crippen LogP contribution in [0.15, 0.2) is 0 Å². The summed E-state index contributed by atoms with van der Waals surface area (Å²) in [5.74, 6) is 0.880. The van der Waals surface area contributed by atoms with Crippen LogP contribution < -0.4 is 5.32 Å². The molecule has 0 bridgehead atoms. The molecule has 0 aliphatic heterocycles. The van der Waals surface area contributed by atoms with Gasteiger partial charge in [0.1, 0.15) is 0 Å². The molecule has 1 aliphatic rings. The second-order valence-electron chi connectivity index (χ2n) is 5.09. The lowest BCUT2D eigenvalue weighted by molar-refractivity contribution is 0.286. The molecule has 0 spiro atoms. The molecular formula is C12H25NOS. The molecule has 2 unspecified atom stereocenters. The van der Waals surface area contributed by atoms with Crippen LogP contribution in [0.25, 0.3) is 0 Å². The van der Waals surface area contributed by atoms with Crippen LogP contribution in [0.2, 0.25) is 0 Å². The van der Waals surface area contributed by atoms with Crippen LogP contribution >= 0.6 is 11.8 Å². The molecule has 0 aromatic heterocycles. The molecule has 0 radical (unpaired) electrons. The van der Waals surface area contributed by atoms with Crippen LogP contribution in [-0.4, -0.2) is 35.3 Å². The standard InChI is InChI=1S/C12H25NOS/c1-4-7-13-11-10(15-9-8-14)5-6-12(11,2)3/h10-11,13-14H,4-9H2,1-3H3. The van der Waals surface area contributed by atoms with Gasteiger partial charge in [-0.15, -0.1) is 0 Å². The molecule has 0 aromatic carbocycles. The summed E-state index contributed by atoms with van der Waals surface area (Å²) in [5.41, 5.74) is 0.419. The Hall–Kier alpha value is 0.270. The van der Waals surface area contributed by atoms with E-state index in [-0.39, 0.29) is 0 Å². The molecule has 15 heavy (non-hydrogen) atoms. The molecule has 0 heterocycles. The van der Waals surface area contributed by atoms with E-state index in [1.54, 1.807) is 0 Å². The highest BCUT2D eigenvalue weighted by Gasteiger charge is 2.41. The minimum absolute atomic E-state index is 0.308. The summed E-state index contributed by atoms with van der Waals surface area (Å²) in [6.07, 6.45) is 3.79. The lowest BCUT2D eigenvalue weighted by atomic mass is 9.87. The van der Waals surface area contributed by atoms with Gasteiger partial charge in [0.15, 0.2) is 0 Å². The first-order chi connectivity index (χ1) is 7.11. The summed E-state index contributed by atoms with van der Waals surface area (Å²) in [5, 5.41) is 13.2. The topological polar surface area (TPSA) is 32.3 Å². The predicted molar refractivity (Wildman–Crippen MR) is 68.4 cm³/mol. The smallest absolute Gasteiger partial charge is 0.0521 e. The van der Waals surface area contributed by atoms with E-state index in [2.05, 4.69) is 26.1 Å². The fourth-order valence-electron chi connectivity index (χ4n) is 2.43. The molecule has 90 valence electrons. The quantitative estimate of drug-likeness (QED) is 0.735. The van der Waals surface area contributed by atoms with E-state index < -0.39 is 0 Å². The molecule has 0 amide bonds. The number of hydrogen-bond donors (Lipinski definition) is 2. The highest BCUT2D eigenvalue weighted by atomic mass is 32.2. The first-order valence-electron chi connectivity index (χ1n) is 6.07. The maximum Gasteiger partial charge on any atom is 0.0521 e. The maximum absolute atomic E-state index is 8.88. The van der Waals surface area contributed by atoms with Crippen molar-refractivity contribution >= 4 is 11.8 Å². The van der Waals surface area contributed by atoms with Gasteiger partial charge in [-0.2, -0.15) is 11.8 Å². The molecule has 2 N–H and O–H groups in total. The van der Waals surface area contributed by atoms with Crippen molar-refractivity contribution in [3.8, 4) is 0 Å². The van der Waals surface area contributed by atoms with E-state index in [1.807, 2.05) is 11.8 Å². The Morgan fingerprint density at radius 2 is 2.20 bits per heavy atom. The monoisotopic (exact) mass is 231 g/mol. The number of rotatable bonds is 6. The van der Waals surface area contributed by atoms with Crippen LogP contribution in [0.1, 0.15) is 40.0 Å². The first-order valence-corrected chi connectivity index (χ1v) is 7.12. The average Bonchev–Trinajstić information content (AvgIpc) is 2.48. The van der Waals surface area contributed by atoms with E-state index in [4.69, 9.17) is 5.11 Å². The number of aliphatic hydroxyl groups excluding tert-OH is 1. The van der Waals surface area contributed by atoms with Gasteiger partial charge in [-0.1, -0.05) is 20.8 Å². The third kappa shape index (κ3) is 3.65. The average molecular weight is 231 g/mol. The van der Waals surface area contributed by atoms with Crippen molar-refractivity contribution in [2.45, 2.75) is 51.3 Å². The lowest BCUT2D eigenvalue weighted by Crippen LogP contribution is -2.43.